The zero-order valence-corrected chi connectivity index (χ0v) is 21.6. The van der Waals surface area contributed by atoms with E-state index in [-0.39, 0.29) is 17.1 Å². The number of hydrogen-bond donors (Lipinski definition) is 2. The molecule has 0 saturated carbocycles. The van der Waals surface area contributed by atoms with Crippen molar-refractivity contribution in [2.45, 2.75) is 30.1 Å². The first-order chi connectivity index (χ1) is 18.4. The van der Waals surface area contributed by atoms with Gasteiger partial charge in [0.15, 0.2) is 9.84 Å². The Morgan fingerprint density at radius 1 is 1.00 bits per heavy atom. The molecular formula is C26H26F3N7O2S. The van der Waals surface area contributed by atoms with Gasteiger partial charge in [0.2, 0.25) is 0 Å². The number of anilines is 1. The Hall–Kier alpha value is -3.78. The molecule has 0 saturated heterocycles. The van der Waals surface area contributed by atoms with Crippen molar-refractivity contribution in [1.82, 2.24) is 19.7 Å². The van der Waals surface area contributed by atoms with E-state index in [1.54, 1.807) is 52.3 Å². The fraction of sp³-hybridized carbons (Fsp3) is 0.231. The summed E-state index contributed by atoms with van der Waals surface area (Å²) in [6, 6.07) is 18.8. The molecule has 9 nitrogen and oxygen atoms in total. The summed E-state index contributed by atoms with van der Waals surface area (Å²) in [7, 11) is -3.47. The molecule has 13 heteroatoms. The molecule has 0 spiro atoms. The van der Waals surface area contributed by atoms with Crippen molar-refractivity contribution in [3.8, 4) is 16.9 Å². The molecule has 0 fully saturated rings. The van der Waals surface area contributed by atoms with Crippen LogP contribution in [0.5, 0.6) is 0 Å². The summed E-state index contributed by atoms with van der Waals surface area (Å²) in [6.07, 6.45) is -2.41. The minimum Gasteiger partial charge on any atom is -0.337 e. The first-order valence-electron chi connectivity index (χ1n) is 11.9. The summed E-state index contributed by atoms with van der Waals surface area (Å²) in [4.78, 5) is 7.28. The lowest BCUT2D eigenvalue weighted by atomic mass is 10.1. The van der Waals surface area contributed by atoms with Crippen molar-refractivity contribution < 1.29 is 21.6 Å². The largest absolute Gasteiger partial charge is 0.401 e. The highest BCUT2D eigenvalue weighted by molar-refractivity contribution is 7.90. The van der Waals surface area contributed by atoms with Crippen LogP contribution in [0.25, 0.3) is 16.9 Å². The van der Waals surface area contributed by atoms with Gasteiger partial charge in [-0.3, -0.25) is 5.73 Å². The van der Waals surface area contributed by atoms with E-state index in [1.165, 1.54) is 12.1 Å². The van der Waals surface area contributed by atoms with E-state index in [0.29, 0.717) is 16.9 Å². The van der Waals surface area contributed by atoms with Crippen LogP contribution in [0.2, 0.25) is 0 Å². The van der Waals surface area contributed by atoms with E-state index >= 15 is 0 Å². The Kier molecular flexibility index (Phi) is 6.93. The molecule has 3 heterocycles. The maximum Gasteiger partial charge on any atom is 0.401 e. The van der Waals surface area contributed by atoms with Crippen molar-refractivity contribution in [2.75, 3.05) is 17.7 Å². The lowest BCUT2D eigenvalue weighted by Gasteiger charge is -2.46. The summed E-state index contributed by atoms with van der Waals surface area (Å²) in [6.45, 7) is -1.14. The summed E-state index contributed by atoms with van der Waals surface area (Å²) in [5, 5.41) is 4.20. The quantitative estimate of drug-likeness (QED) is 0.370. The predicted octanol–water partition coefficient (Wildman–Crippen LogP) is 3.42. The maximum atomic E-state index is 13.5. The molecule has 2 aromatic heterocycles. The van der Waals surface area contributed by atoms with Crippen molar-refractivity contribution in [3.05, 3.63) is 90.4 Å². The van der Waals surface area contributed by atoms with Crippen LogP contribution in [0.3, 0.4) is 0 Å². The third kappa shape index (κ3) is 5.66. The number of halogens is 3. The van der Waals surface area contributed by atoms with Gasteiger partial charge >= 0.3 is 6.18 Å². The topological polar surface area (TPSA) is 123 Å². The van der Waals surface area contributed by atoms with Crippen molar-refractivity contribution in [3.63, 3.8) is 0 Å². The Labute approximate surface area is 223 Å². The second-order valence-electron chi connectivity index (χ2n) is 9.29. The molecule has 2 unspecified atom stereocenters. The minimum absolute atomic E-state index is 0.102. The van der Waals surface area contributed by atoms with Gasteiger partial charge in [0.25, 0.3) is 0 Å². The highest BCUT2D eigenvalue weighted by Gasteiger charge is 2.42. The normalized spacial score (nSPS) is 18.3. The molecule has 1 aliphatic heterocycles. The monoisotopic (exact) mass is 557 g/mol. The first kappa shape index (κ1) is 26.8. The number of hydrogen-bond acceptors (Lipinski definition) is 8. The molecule has 4 aromatic rings. The van der Waals surface area contributed by atoms with Gasteiger partial charge in [0, 0.05) is 30.8 Å². The lowest BCUT2D eigenvalue weighted by Crippen LogP contribution is -2.62. The molecular weight excluding hydrogens is 531 g/mol. The summed E-state index contributed by atoms with van der Waals surface area (Å²) >= 11 is 0. The van der Waals surface area contributed by atoms with E-state index in [0.717, 1.165) is 22.4 Å². The molecule has 39 heavy (non-hydrogen) atoms. The van der Waals surface area contributed by atoms with Crippen molar-refractivity contribution in [1.29, 1.82) is 0 Å². The van der Waals surface area contributed by atoms with Gasteiger partial charge in [-0.25, -0.2) is 23.0 Å². The highest BCUT2D eigenvalue weighted by atomic mass is 32.2. The van der Waals surface area contributed by atoms with Gasteiger partial charge in [-0.15, -0.1) is 0 Å². The van der Waals surface area contributed by atoms with E-state index in [2.05, 4.69) is 10.1 Å². The summed E-state index contributed by atoms with van der Waals surface area (Å²) in [5.74, 6) is 0. The van der Waals surface area contributed by atoms with Gasteiger partial charge < -0.3 is 10.6 Å². The first-order valence-corrected chi connectivity index (χ1v) is 13.8. The number of sulfone groups is 1. The molecule has 0 aliphatic carbocycles. The van der Waals surface area contributed by atoms with Crippen molar-refractivity contribution in [2.24, 2.45) is 11.5 Å². The standard InChI is InChI=1S/C26H26F3N7O2S/c1-39(37,38)20-5-2-4-18(14-20)21-10-11-22-23(33-21)24(30)35(16-26(27,28)29)25(31)34(22)15-17-6-8-19(9-7-17)36-13-3-12-32-36/h2-14,24-25H,15-16,30-31H2,1H3. The van der Waals surface area contributed by atoms with Gasteiger partial charge in [-0.1, -0.05) is 24.3 Å². The van der Waals surface area contributed by atoms with Crippen LogP contribution in [-0.2, 0) is 16.4 Å². The zero-order chi connectivity index (χ0) is 27.9. The number of rotatable bonds is 6. The highest BCUT2D eigenvalue weighted by Crippen LogP contribution is 2.38. The zero-order valence-electron chi connectivity index (χ0n) is 20.8. The van der Waals surface area contributed by atoms with Crippen LogP contribution in [0.15, 0.2) is 84.0 Å². The maximum absolute atomic E-state index is 13.5. The predicted molar refractivity (Wildman–Crippen MR) is 140 cm³/mol. The van der Waals surface area contributed by atoms with Crippen LogP contribution in [-0.4, -0.2) is 53.3 Å². The smallest absolute Gasteiger partial charge is 0.337 e. The molecule has 204 valence electrons. The van der Waals surface area contributed by atoms with Gasteiger partial charge in [0.05, 0.1) is 34.2 Å². The molecule has 2 aromatic carbocycles. The third-order valence-electron chi connectivity index (χ3n) is 6.49. The van der Waals surface area contributed by atoms with E-state index in [4.69, 9.17) is 11.5 Å². The average Bonchev–Trinajstić information content (AvgIpc) is 3.43. The molecule has 0 bridgehead atoms. The Balaban J connectivity index is 1.53. The van der Waals surface area contributed by atoms with E-state index in [9.17, 15) is 21.6 Å². The van der Waals surface area contributed by atoms with Crippen LogP contribution >= 0.6 is 0 Å². The van der Waals surface area contributed by atoms with Gasteiger partial charge in [-0.05, 0) is 48.0 Å². The fourth-order valence-corrected chi connectivity index (χ4v) is 5.23. The summed E-state index contributed by atoms with van der Waals surface area (Å²) in [5.41, 5.74) is 15.9. The number of nitrogens with two attached hydrogens (primary N) is 2. The number of alkyl halides is 3. The van der Waals surface area contributed by atoms with Gasteiger partial charge in [-0.2, -0.15) is 18.3 Å². The fourth-order valence-electron chi connectivity index (χ4n) is 4.57. The Morgan fingerprint density at radius 2 is 1.74 bits per heavy atom. The molecule has 2 atom stereocenters. The van der Waals surface area contributed by atoms with Crippen LogP contribution < -0.4 is 16.4 Å². The molecule has 0 radical (unpaired) electrons. The SMILES string of the molecule is CS(=O)(=O)c1cccc(-c2ccc3c(n2)C(N)N(CC(F)(F)F)C(N)N3Cc2ccc(-n3cccn3)cc2)c1. The van der Waals surface area contributed by atoms with Crippen molar-refractivity contribution >= 4 is 15.5 Å². The third-order valence-corrected chi connectivity index (χ3v) is 7.60. The lowest BCUT2D eigenvalue weighted by molar-refractivity contribution is -0.158. The molecule has 4 N–H and O–H groups in total. The van der Waals surface area contributed by atoms with Crippen LogP contribution in [0, 0.1) is 0 Å². The Bertz CT molecular complexity index is 1580. The molecule has 5 rings (SSSR count). The molecule has 1 aliphatic rings. The number of pyridine rings is 1. The van der Waals surface area contributed by atoms with Crippen LogP contribution in [0.1, 0.15) is 17.4 Å². The number of fused-ring (bicyclic) bond motifs is 1. The summed E-state index contributed by atoms with van der Waals surface area (Å²) < 4.78 is 66.4. The Morgan fingerprint density at radius 3 is 2.38 bits per heavy atom. The second-order valence-corrected chi connectivity index (χ2v) is 11.3. The second kappa shape index (κ2) is 10.1. The van der Waals surface area contributed by atoms with E-state index < -0.39 is 35.0 Å². The van der Waals surface area contributed by atoms with E-state index in [1.807, 2.05) is 24.3 Å². The van der Waals surface area contributed by atoms with Crippen LogP contribution in [0.4, 0.5) is 18.9 Å². The average molecular weight is 558 g/mol. The minimum atomic E-state index is -4.55. The van der Waals surface area contributed by atoms with Gasteiger partial charge in [0.1, 0.15) is 12.5 Å². The number of benzene rings is 2. The molecule has 0 amide bonds. The number of nitrogens with zero attached hydrogens (tertiary/aromatic N) is 5. The number of aromatic nitrogens is 3.